The minimum Gasteiger partial charge on any atom is -0.508 e. The summed E-state index contributed by atoms with van der Waals surface area (Å²) in [5.41, 5.74) is 2.90. The fourth-order valence-corrected chi connectivity index (χ4v) is 7.10. The van der Waals surface area contributed by atoms with Crippen LogP contribution in [0.25, 0.3) is 6.08 Å². The van der Waals surface area contributed by atoms with Gasteiger partial charge in [0.25, 0.3) is 0 Å². The Kier molecular flexibility index (Phi) is 4.67. The van der Waals surface area contributed by atoms with Crippen LogP contribution in [-0.4, -0.2) is 15.8 Å². The van der Waals surface area contributed by atoms with Crippen molar-refractivity contribution in [2.45, 2.75) is 50.5 Å². The normalized spacial score (nSPS) is 37.4. The van der Waals surface area contributed by atoms with Gasteiger partial charge in [0.05, 0.1) is 5.60 Å². The van der Waals surface area contributed by atoms with Crippen LogP contribution in [0, 0.1) is 23.2 Å². The molecule has 5 rings (SSSR count). The van der Waals surface area contributed by atoms with Crippen molar-refractivity contribution in [3.63, 3.8) is 0 Å². The molecule has 6 atom stereocenters. The van der Waals surface area contributed by atoms with Crippen molar-refractivity contribution in [2.75, 3.05) is 0 Å². The molecule has 0 amide bonds. The Hall–Kier alpha value is -2.32. The number of hydrogen-bond acceptors (Lipinski definition) is 2. The van der Waals surface area contributed by atoms with Gasteiger partial charge in [0, 0.05) is 5.41 Å². The summed E-state index contributed by atoms with van der Waals surface area (Å²) in [6, 6.07) is 16.2. The number of phenols is 1. The molecule has 0 heterocycles. The van der Waals surface area contributed by atoms with E-state index in [0.717, 1.165) is 37.7 Å². The summed E-state index contributed by atoms with van der Waals surface area (Å²) in [5.74, 6) is 2.22. The van der Waals surface area contributed by atoms with Crippen LogP contribution >= 0.6 is 0 Å². The van der Waals surface area contributed by atoms with Crippen LogP contribution in [0.4, 0.5) is 0 Å². The lowest BCUT2D eigenvalue weighted by atomic mass is 9.50. The number of aryl methyl sites for hydroxylation is 1. The Morgan fingerprint density at radius 2 is 1.90 bits per heavy atom. The number of allylic oxidation sites excluding steroid dienone is 1. The highest BCUT2D eigenvalue weighted by molar-refractivity contribution is 5.51. The molecule has 0 aliphatic heterocycles. The first kappa shape index (κ1) is 19.6. The van der Waals surface area contributed by atoms with Crippen LogP contribution in [-0.2, 0) is 6.42 Å². The molecule has 156 valence electrons. The van der Waals surface area contributed by atoms with E-state index in [1.54, 1.807) is 0 Å². The largest absolute Gasteiger partial charge is 0.508 e. The number of aromatic hydroxyl groups is 1. The van der Waals surface area contributed by atoms with E-state index < -0.39 is 5.60 Å². The number of rotatable bonds is 3. The van der Waals surface area contributed by atoms with E-state index in [-0.39, 0.29) is 5.41 Å². The van der Waals surface area contributed by atoms with Gasteiger partial charge in [-0.25, -0.2) is 0 Å². The van der Waals surface area contributed by atoms with Crippen molar-refractivity contribution in [3.05, 3.63) is 84.0 Å². The molecule has 3 aliphatic carbocycles. The van der Waals surface area contributed by atoms with E-state index in [9.17, 15) is 10.2 Å². The number of hydrogen-bond donors (Lipinski definition) is 2. The topological polar surface area (TPSA) is 40.5 Å². The second kappa shape index (κ2) is 7.13. The van der Waals surface area contributed by atoms with Gasteiger partial charge in [0.2, 0.25) is 0 Å². The predicted octanol–water partition coefficient (Wildman–Crippen LogP) is 6.10. The Morgan fingerprint density at radius 3 is 2.67 bits per heavy atom. The zero-order valence-corrected chi connectivity index (χ0v) is 17.8. The van der Waals surface area contributed by atoms with Crippen molar-refractivity contribution in [2.24, 2.45) is 23.2 Å². The lowest BCUT2D eigenvalue weighted by Gasteiger charge is -2.55. The molecule has 5 unspecified atom stereocenters. The monoisotopic (exact) mass is 400 g/mol. The standard InChI is InChI=1S/C28H32O2/c1-3-20-18-27(2)25(14-16-28(27,30)15-13-19-7-5-4-6-8-19)24-11-9-21-17-22(29)10-12-23(21)26(20)24/h3-8,10,12-13,15,17,20,24-26,29-30H,1,9,11,14,16,18H2,2H3/t20?,24?,25?,26?,27?,28-/m0/s1. The van der Waals surface area contributed by atoms with E-state index in [1.165, 1.54) is 11.1 Å². The Labute approximate surface area is 180 Å². The van der Waals surface area contributed by atoms with E-state index in [1.807, 2.05) is 30.3 Å². The maximum atomic E-state index is 11.9. The molecule has 2 heteroatoms. The number of benzene rings is 2. The first-order valence-electron chi connectivity index (χ1n) is 11.4. The molecule has 0 spiro atoms. The molecule has 3 aliphatic rings. The van der Waals surface area contributed by atoms with E-state index >= 15 is 0 Å². The average molecular weight is 401 g/mol. The van der Waals surface area contributed by atoms with Crippen LogP contribution in [0.3, 0.4) is 0 Å². The van der Waals surface area contributed by atoms with Crippen molar-refractivity contribution >= 4 is 6.08 Å². The molecule has 2 nitrogen and oxygen atoms in total. The van der Waals surface area contributed by atoms with Gasteiger partial charge < -0.3 is 10.2 Å². The summed E-state index contributed by atoms with van der Waals surface area (Å²) in [7, 11) is 0. The van der Waals surface area contributed by atoms with Gasteiger partial charge in [-0.1, -0.05) is 61.5 Å². The van der Waals surface area contributed by atoms with E-state index in [0.29, 0.717) is 29.4 Å². The summed E-state index contributed by atoms with van der Waals surface area (Å²) in [6.07, 6.45) is 11.3. The van der Waals surface area contributed by atoms with Crippen LogP contribution in [0.1, 0.15) is 55.2 Å². The molecule has 0 aromatic heterocycles. The summed E-state index contributed by atoms with van der Waals surface area (Å²) >= 11 is 0. The average Bonchev–Trinajstić information content (AvgIpc) is 3.03. The van der Waals surface area contributed by atoms with E-state index in [4.69, 9.17) is 0 Å². The van der Waals surface area contributed by atoms with Gasteiger partial charge >= 0.3 is 0 Å². The first-order valence-corrected chi connectivity index (χ1v) is 11.4. The Balaban J connectivity index is 1.51. The molecule has 2 N–H and O–H groups in total. The van der Waals surface area contributed by atoms with Crippen molar-refractivity contribution in [3.8, 4) is 5.75 Å². The maximum absolute atomic E-state index is 11.9. The Morgan fingerprint density at radius 1 is 1.10 bits per heavy atom. The van der Waals surface area contributed by atoms with Crippen LogP contribution < -0.4 is 0 Å². The van der Waals surface area contributed by atoms with Gasteiger partial charge in [-0.3, -0.25) is 0 Å². The molecular formula is C28H32O2. The lowest BCUT2D eigenvalue weighted by Crippen LogP contribution is -2.52. The molecule has 2 aromatic rings. The summed E-state index contributed by atoms with van der Waals surface area (Å²) in [4.78, 5) is 0. The van der Waals surface area contributed by atoms with Crippen LogP contribution in [0.15, 0.2) is 67.3 Å². The van der Waals surface area contributed by atoms with Crippen molar-refractivity contribution < 1.29 is 10.2 Å². The number of fused-ring (bicyclic) bond motifs is 5. The zero-order chi connectivity index (χ0) is 20.9. The minimum atomic E-state index is -0.783. The van der Waals surface area contributed by atoms with Gasteiger partial charge in [0.1, 0.15) is 5.75 Å². The summed E-state index contributed by atoms with van der Waals surface area (Å²) in [6.45, 7) is 6.52. The molecule has 0 radical (unpaired) electrons. The van der Waals surface area contributed by atoms with Gasteiger partial charge in [0.15, 0.2) is 0 Å². The molecule has 0 saturated heterocycles. The fourth-order valence-electron chi connectivity index (χ4n) is 7.10. The molecule has 2 saturated carbocycles. The molecule has 30 heavy (non-hydrogen) atoms. The smallest absolute Gasteiger partial charge is 0.115 e. The molecule has 2 fully saturated rings. The maximum Gasteiger partial charge on any atom is 0.115 e. The third kappa shape index (κ3) is 2.88. The fraction of sp³-hybridized carbons (Fsp3) is 0.429. The molecule has 2 aromatic carbocycles. The SMILES string of the molecule is C=CC1CC2(C)C(CC[C@@]2(O)C=Cc2ccccc2)C2CCc3cc(O)ccc3C12. The van der Waals surface area contributed by atoms with Crippen molar-refractivity contribution in [1.82, 2.24) is 0 Å². The zero-order valence-electron chi connectivity index (χ0n) is 17.8. The van der Waals surface area contributed by atoms with Gasteiger partial charge in [-0.2, -0.15) is 0 Å². The highest BCUT2D eigenvalue weighted by Gasteiger charge is 2.62. The van der Waals surface area contributed by atoms with Crippen LogP contribution in [0.2, 0.25) is 0 Å². The van der Waals surface area contributed by atoms with E-state index in [2.05, 4.69) is 49.9 Å². The number of aliphatic hydroxyl groups is 1. The van der Waals surface area contributed by atoms with Gasteiger partial charge in [-0.15, -0.1) is 6.58 Å². The van der Waals surface area contributed by atoms with Crippen LogP contribution in [0.5, 0.6) is 5.75 Å². The lowest BCUT2D eigenvalue weighted by molar-refractivity contribution is -0.0821. The predicted molar refractivity (Wildman–Crippen MR) is 122 cm³/mol. The second-order valence-electron chi connectivity index (χ2n) is 9.95. The summed E-state index contributed by atoms with van der Waals surface area (Å²) in [5, 5.41) is 21.8. The first-order chi connectivity index (χ1) is 14.4. The quantitative estimate of drug-likeness (QED) is 0.611. The van der Waals surface area contributed by atoms with Crippen molar-refractivity contribution in [1.29, 1.82) is 0 Å². The number of phenolic OH excluding ortho intramolecular Hbond substituents is 1. The molecule has 0 bridgehead atoms. The second-order valence-corrected chi connectivity index (χ2v) is 9.95. The third-order valence-corrected chi connectivity index (χ3v) is 8.63. The minimum absolute atomic E-state index is 0.146. The Bertz CT molecular complexity index is 977. The highest BCUT2D eigenvalue weighted by Crippen LogP contribution is 2.66. The summed E-state index contributed by atoms with van der Waals surface area (Å²) < 4.78 is 0. The van der Waals surface area contributed by atoms with Gasteiger partial charge in [-0.05, 0) is 84.6 Å². The highest BCUT2D eigenvalue weighted by atomic mass is 16.3. The molecular weight excluding hydrogens is 368 g/mol. The third-order valence-electron chi connectivity index (χ3n) is 8.63.